The zero-order chi connectivity index (χ0) is 27.6. The van der Waals surface area contributed by atoms with Crippen LogP contribution in [0.1, 0.15) is 27.0 Å². The second-order valence-electron chi connectivity index (χ2n) is 8.77. The predicted molar refractivity (Wildman–Crippen MR) is 145 cm³/mol. The van der Waals surface area contributed by atoms with Crippen molar-refractivity contribution in [1.29, 1.82) is 0 Å². The lowest BCUT2D eigenvalue weighted by molar-refractivity contribution is -0.384. The van der Waals surface area contributed by atoms with Gasteiger partial charge in [-0.2, -0.15) is 0 Å². The Balaban J connectivity index is 1.52. The van der Waals surface area contributed by atoms with E-state index < -0.39 is 22.8 Å². The van der Waals surface area contributed by atoms with Gasteiger partial charge in [0.05, 0.1) is 4.92 Å². The second-order valence-corrected chi connectivity index (χ2v) is 8.77. The average molecular weight is 526 g/mol. The fourth-order valence-corrected chi connectivity index (χ4v) is 3.84. The highest BCUT2D eigenvalue weighted by atomic mass is 16.6. The average Bonchev–Trinajstić information content (AvgIpc) is 2.96. The van der Waals surface area contributed by atoms with Crippen LogP contribution in [0.25, 0.3) is 0 Å². The molecule has 0 unspecified atom stereocenters. The van der Waals surface area contributed by atoms with Gasteiger partial charge in [-0.15, -0.1) is 0 Å². The standard InChI is InChI=1S/C30H27N3O6/c31-29(34)26(32-30(35)24-12-7-13-25(18-24)33(36)37)16-23-14-15-27(38-19-21-8-3-1-4-9-21)28(17-23)39-20-22-10-5-2-6-11-22/h1-15,17-18,26H,16,19-20H2,(H2,31,34)(H,32,35)/t26-/m1/s1. The van der Waals surface area contributed by atoms with Gasteiger partial charge >= 0.3 is 0 Å². The van der Waals surface area contributed by atoms with Crippen LogP contribution in [0.15, 0.2) is 103 Å². The molecule has 0 saturated heterocycles. The number of benzene rings is 4. The van der Waals surface area contributed by atoms with E-state index >= 15 is 0 Å². The number of carbonyl (C=O) groups excluding carboxylic acids is 2. The quantitative estimate of drug-likeness (QED) is 0.205. The van der Waals surface area contributed by atoms with Gasteiger partial charge in [0.25, 0.3) is 11.6 Å². The van der Waals surface area contributed by atoms with Crippen molar-refractivity contribution in [2.75, 3.05) is 0 Å². The van der Waals surface area contributed by atoms with Gasteiger partial charge in [-0.05, 0) is 34.9 Å². The molecule has 0 saturated carbocycles. The first kappa shape index (κ1) is 26.9. The third-order valence-electron chi connectivity index (χ3n) is 5.89. The van der Waals surface area contributed by atoms with Crippen molar-refractivity contribution in [2.24, 2.45) is 5.73 Å². The van der Waals surface area contributed by atoms with Gasteiger partial charge in [-0.25, -0.2) is 0 Å². The molecule has 9 nitrogen and oxygen atoms in total. The summed E-state index contributed by atoms with van der Waals surface area (Å²) in [6, 6.07) is 28.8. The van der Waals surface area contributed by atoms with E-state index in [1.807, 2.05) is 60.7 Å². The summed E-state index contributed by atoms with van der Waals surface area (Å²) in [7, 11) is 0. The Labute approximate surface area is 225 Å². The first-order valence-corrected chi connectivity index (χ1v) is 12.2. The predicted octanol–water partition coefficient (Wildman–Crippen LogP) is 4.58. The molecule has 198 valence electrons. The lowest BCUT2D eigenvalue weighted by Crippen LogP contribution is -2.45. The summed E-state index contributed by atoms with van der Waals surface area (Å²) >= 11 is 0. The van der Waals surface area contributed by atoms with Crippen LogP contribution in [0.4, 0.5) is 5.69 Å². The smallest absolute Gasteiger partial charge is 0.270 e. The van der Waals surface area contributed by atoms with E-state index in [1.54, 1.807) is 18.2 Å². The van der Waals surface area contributed by atoms with Gasteiger partial charge < -0.3 is 20.5 Å². The number of nitrogens with one attached hydrogen (secondary N) is 1. The van der Waals surface area contributed by atoms with Gasteiger partial charge in [0.2, 0.25) is 5.91 Å². The van der Waals surface area contributed by atoms with Crippen LogP contribution < -0.4 is 20.5 Å². The van der Waals surface area contributed by atoms with E-state index in [1.165, 1.54) is 18.2 Å². The highest BCUT2D eigenvalue weighted by molar-refractivity contribution is 5.97. The Kier molecular flexibility index (Phi) is 8.87. The number of carbonyl (C=O) groups is 2. The molecule has 0 heterocycles. The number of ether oxygens (including phenoxy) is 2. The molecule has 39 heavy (non-hydrogen) atoms. The molecule has 2 amide bonds. The molecule has 0 aromatic heterocycles. The number of nitrogens with two attached hydrogens (primary N) is 1. The van der Waals surface area contributed by atoms with Crippen molar-refractivity contribution in [3.8, 4) is 11.5 Å². The maximum absolute atomic E-state index is 12.7. The lowest BCUT2D eigenvalue weighted by Gasteiger charge is -2.18. The summed E-state index contributed by atoms with van der Waals surface area (Å²) in [5.74, 6) is -0.397. The number of hydrogen-bond acceptors (Lipinski definition) is 6. The summed E-state index contributed by atoms with van der Waals surface area (Å²) in [6.45, 7) is 0.639. The minimum Gasteiger partial charge on any atom is -0.485 e. The van der Waals surface area contributed by atoms with Crippen molar-refractivity contribution in [1.82, 2.24) is 5.32 Å². The number of hydrogen-bond donors (Lipinski definition) is 2. The Hall–Kier alpha value is -5.18. The van der Waals surface area contributed by atoms with Crippen LogP contribution >= 0.6 is 0 Å². The highest BCUT2D eigenvalue weighted by Gasteiger charge is 2.21. The van der Waals surface area contributed by atoms with Crippen LogP contribution in [0.5, 0.6) is 11.5 Å². The molecule has 0 aliphatic rings. The Morgan fingerprint density at radius 2 is 1.38 bits per heavy atom. The molecular weight excluding hydrogens is 498 g/mol. The lowest BCUT2D eigenvalue weighted by atomic mass is 10.0. The van der Waals surface area contributed by atoms with Crippen molar-refractivity contribution in [2.45, 2.75) is 25.7 Å². The molecule has 0 radical (unpaired) electrons. The van der Waals surface area contributed by atoms with E-state index in [2.05, 4.69) is 5.32 Å². The number of nitro benzene ring substituents is 1. The Morgan fingerprint density at radius 1 is 0.769 bits per heavy atom. The largest absolute Gasteiger partial charge is 0.485 e. The fourth-order valence-electron chi connectivity index (χ4n) is 3.84. The summed E-state index contributed by atoms with van der Waals surface area (Å²) in [6.07, 6.45) is 0.0800. The van der Waals surface area contributed by atoms with E-state index in [0.29, 0.717) is 30.3 Å². The molecule has 4 aromatic rings. The molecule has 1 atom stereocenters. The first-order valence-electron chi connectivity index (χ1n) is 12.2. The second kappa shape index (κ2) is 12.9. The molecule has 3 N–H and O–H groups in total. The number of non-ortho nitro benzene ring substituents is 1. The van der Waals surface area contributed by atoms with Crippen molar-refractivity contribution in [3.05, 3.63) is 135 Å². The summed E-state index contributed by atoms with van der Waals surface area (Å²) in [4.78, 5) is 35.4. The highest BCUT2D eigenvalue weighted by Crippen LogP contribution is 2.30. The zero-order valence-corrected chi connectivity index (χ0v) is 21.0. The van der Waals surface area contributed by atoms with E-state index in [9.17, 15) is 19.7 Å². The SMILES string of the molecule is NC(=O)[C@@H](Cc1ccc(OCc2ccccc2)c(OCc2ccccc2)c1)NC(=O)c1cccc([N+](=O)[O-])c1. The van der Waals surface area contributed by atoms with Crippen molar-refractivity contribution in [3.63, 3.8) is 0 Å². The molecule has 9 heteroatoms. The van der Waals surface area contributed by atoms with E-state index in [0.717, 1.165) is 17.2 Å². The zero-order valence-electron chi connectivity index (χ0n) is 21.0. The monoisotopic (exact) mass is 525 g/mol. The number of nitrogens with zero attached hydrogens (tertiary/aromatic N) is 1. The van der Waals surface area contributed by atoms with Crippen molar-refractivity contribution >= 4 is 17.5 Å². The number of primary amides is 1. The van der Waals surface area contributed by atoms with Gasteiger partial charge in [-0.3, -0.25) is 19.7 Å². The normalized spacial score (nSPS) is 11.3. The Morgan fingerprint density at radius 3 is 1.97 bits per heavy atom. The van der Waals surface area contributed by atoms with Crippen molar-refractivity contribution < 1.29 is 24.0 Å². The molecule has 0 aliphatic carbocycles. The minimum atomic E-state index is -1.06. The van der Waals surface area contributed by atoms with Gasteiger partial charge in [0.1, 0.15) is 19.3 Å². The van der Waals surface area contributed by atoms with Gasteiger partial charge in [-0.1, -0.05) is 72.8 Å². The number of amides is 2. The van der Waals surface area contributed by atoms with Crippen LogP contribution in [0, 0.1) is 10.1 Å². The molecule has 0 bridgehead atoms. The fraction of sp³-hybridized carbons (Fsp3) is 0.133. The minimum absolute atomic E-state index is 0.0481. The third-order valence-corrected chi connectivity index (χ3v) is 5.89. The molecule has 4 rings (SSSR count). The maximum atomic E-state index is 12.7. The summed E-state index contributed by atoms with van der Waals surface area (Å²) < 4.78 is 12.1. The Bertz CT molecular complexity index is 1440. The summed E-state index contributed by atoms with van der Waals surface area (Å²) in [5, 5.41) is 13.6. The molecular formula is C30H27N3O6. The van der Waals surface area contributed by atoms with Crippen LogP contribution in [-0.4, -0.2) is 22.8 Å². The number of rotatable bonds is 12. The third kappa shape index (κ3) is 7.65. The topological polar surface area (TPSA) is 134 Å². The maximum Gasteiger partial charge on any atom is 0.270 e. The van der Waals surface area contributed by atoms with Crippen LogP contribution in [0.3, 0.4) is 0 Å². The summed E-state index contributed by atoms with van der Waals surface area (Å²) in [5.41, 5.74) is 8.04. The first-order chi connectivity index (χ1) is 18.9. The van der Waals surface area contributed by atoms with Crippen LogP contribution in [0.2, 0.25) is 0 Å². The molecule has 0 fully saturated rings. The number of nitro groups is 1. The molecule has 0 spiro atoms. The van der Waals surface area contributed by atoms with Gasteiger partial charge in [0, 0.05) is 24.1 Å². The van der Waals surface area contributed by atoms with Crippen LogP contribution in [-0.2, 0) is 24.4 Å². The molecule has 0 aliphatic heterocycles. The van der Waals surface area contributed by atoms with E-state index in [-0.39, 0.29) is 17.7 Å². The van der Waals surface area contributed by atoms with E-state index in [4.69, 9.17) is 15.2 Å². The van der Waals surface area contributed by atoms with Gasteiger partial charge in [0.15, 0.2) is 11.5 Å². The molecule has 4 aromatic carbocycles.